The Bertz CT molecular complexity index is 1220. The van der Waals surface area contributed by atoms with Gasteiger partial charge >= 0.3 is 0 Å². The van der Waals surface area contributed by atoms with Crippen molar-refractivity contribution in [3.63, 3.8) is 0 Å². The number of aryl methyl sites for hydroxylation is 1. The van der Waals surface area contributed by atoms with Gasteiger partial charge in [0.15, 0.2) is 0 Å². The first-order valence-corrected chi connectivity index (χ1v) is 13.5. The van der Waals surface area contributed by atoms with E-state index in [4.69, 9.17) is 16.3 Å². The molecule has 1 atom stereocenters. The van der Waals surface area contributed by atoms with E-state index in [1.165, 1.54) is 27.1 Å². The number of nitrogens with two attached hydrogens (primary N) is 2. The van der Waals surface area contributed by atoms with Crippen molar-refractivity contribution in [2.75, 3.05) is 30.4 Å². The fourth-order valence-electron chi connectivity index (χ4n) is 5.04. The number of rotatable bonds is 6. The Hall–Kier alpha value is -2.67. The normalized spacial score (nSPS) is 15.1. The van der Waals surface area contributed by atoms with Crippen LogP contribution < -0.4 is 21.3 Å². The van der Waals surface area contributed by atoms with Gasteiger partial charge in [-0.25, -0.2) is 10.1 Å². The third kappa shape index (κ3) is 5.51. The number of anilines is 2. The summed E-state index contributed by atoms with van der Waals surface area (Å²) in [5.41, 5.74) is 14.6. The van der Waals surface area contributed by atoms with Gasteiger partial charge in [0.2, 0.25) is 0 Å². The summed E-state index contributed by atoms with van der Waals surface area (Å²) in [6.07, 6.45) is 0. The molecule has 0 radical (unpaired) electrons. The van der Waals surface area contributed by atoms with Crippen LogP contribution in [0.4, 0.5) is 11.4 Å². The molecule has 0 saturated heterocycles. The molecule has 36 heavy (non-hydrogen) atoms. The molecule has 1 aliphatic rings. The first-order valence-electron chi connectivity index (χ1n) is 12.8. The number of benzene rings is 3. The van der Waals surface area contributed by atoms with Crippen LogP contribution in [-0.2, 0) is 6.54 Å². The van der Waals surface area contributed by atoms with Crippen molar-refractivity contribution >= 4 is 23.3 Å². The molecule has 0 amide bonds. The highest BCUT2D eigenvalue weighted by Crippen LogP contribution is 2.45. The topological polar surface area (TPSA) is 67.8 Å². The molecule has 4 N–H and O–H groups in total. The highest BCUT2D eigenvalue weighted by molar-refractivity contribution is 7.97. The van der Waals surface area contributed by atoms with Crippen molar-refractivity contribution in [1.29, 1.82) is 0 Å². The zero-order valence-corrected chi connectivity index (χ0v) is 23.3. The highest BCUT2D eigenvalue weighted by Gasteiger charge is 2.31. The maximum Gasteiger partial charge on any atom is 0.134 e. The minimum atomic E-state index is 0.00252. The second-order valence-electron chi connectivity index (χ2n) is 10.7. The summed E-state index contributed by atoms with van der Waals surface area (Å²) >= 11 is 1.78. The number of hydrazine groups is 1. The summed E-state index contributed by atoms with van der Waals surface area (Å²) in [7, 11) is 0. The number of ether oxygens (including phenoxy) is 1. The third-order valence-corrected chi connectivity index (χ3v) is 8.19. The number of nitrogens with zero attached hydrogens (tertiary/aromatic N) is 2. The maximum atomic E-state index is 6.61. The van der Waals surface area contributed by atoms with Gasteiger partial charge in [0.25, 0.3) is 0 Å². The minimum Gasteiger partial charge on any atom is -0.491 e. The molecular weight excluding hydrogens is 464 g/mol. The average molecular weight is 505 g/mol. The molecule has 0 aromatic heterocycles. The molecule has 0 aliphatic carbocycles. The fraction of sp³-hybridized carbons (Fsp3) is 0.400. The van der Waals surface area contributed by atoms with Crippen LogP contribution in [0.25, 0.3) is 0 Å². The van der Waals surface area contributed by atoms with Gasteiger partial charge in [-0.1, -0.05) is 57.2 Å². The lowest BCUT2D eigenvalue weighted by molar-refractivity contribution is 0.283. The molecule has 1 heterocycles. The SMILES string of the molecule is CCN(N)c1ccc(C(c2ccc(C)c(CN3CCOc4ccccc4S3)c2)C(C)(C)C)c(C)c1N. The van der Waals surface area contributed by atoms with Crippen LogP contribution in [-0.4, -0.2) is 24.0 Å². The minimum absolute atomic E-state index is 0.00252. The standard InChI is InChI=1S/C30H40N4OS/c1-7-34(32)25-15-14-24(21(3)29(25)31)28(30(4,5)6)22-13-12-20(2)23(18-22)19-33-16-17-35-26-10-8-9-11-27(26)36-33/h8-15,18,28H,7,16-17,19,31-32H2,1-6H3. The second-order valence-corrected chi connectivity index (χ2v) is 11.9. The molecule has 5 nitrogen and oxygen atoms in total. The third-order valence-electron chi connectivity index (χ3n) is 7.09. The predicted molar refractivity (Wildman–Crippen MR) is 153 cm³/mol. The monoisotopic (exact) mass is 504 g/mol. The number of fused-ring (bicyclic) bond motifs is 1. The Balaban J connectivity index is 1.69. The van der Waals surface area contributed by atoms with E-state index in [1.807, 2.05) is 13.0 Å². The molecule has 4 rings (SSSR count). The van der Waals surface area contributed by atoms with Crippen molar-refractivity contribution in [2.24, 2.45) is 11.3 Å². The van der Waals surface area contributed by atoms with E-state index in [0.29, 0.717) is 13.2 Å². The molecule has 3 aromatic carbocycles. The van der Waals surface area contributed by atoms with Gasteiger partial charge in [-0.05, 0) is 84.2 Å². The maximum absolute atomic E-state index is 6.61. The summed E-state index contributed by atoms with van der Waals surface area (Å²) in [6, 6.07) is 19.5. The predicted octanol–water partition coefficient (Wildman–Crippen LogP) is 6.67. The molecular formula is C30H40N4OS. The van der Waals surface area contributed by atoms with Gasteiger partial charge in [0, 0.05) is 25.6 Å². The largest absolute Gasteiger partial charge is 0.491 e. The van der Waals surface area contributed by atoms with Gasteiger partial charge < -0.3 is 15.5 Å². The first-order chi connectivity index (χ1) is 17.1. The Kier molecular flexibility index (Phi) is 7.88. The summed E-state index contributed by atoms with van der Waals surface area (Å²) in [6.45, 7) is 16.4. The lowest BCUT2D eigenvalue weighted by Gasteiger charge is -2.34. The summed E-state index contributed by atoms with van der Waals surface area (Å²) in [5, 5.41) is 1.71. The lowest BCUT2D eigenvalue weighted by Crippen LogP contribution is -2.31. The van der Waals surface area contributed by atoms with Crippen molar-refractivity contribution in [3.05, 3.63) is 82.4 Å². The first kappa shape index (κ1) is 26.4. The van der Waals surface area contributed by atoms with Crippen molar-refractivity contribution < 1.29 is 4.74 Å². The zero-order chi connectivity index (χ0) is 26.0. The van der Waals surface area contributed by atoms with Crippen LogP contribution in [0, 0.1) is 19.3 Å². The molecule has 0 bridgehead atoms. The van der Waals surface area contributed by atoms with E-state index in [9.17, 15) is 0 Å². The Labute approximate surface area is 220 Å². The van der Waals surface area contributed by atoms with E-state index in [1.54, 1.807) is 17.0 Å². The molecule has 0 saturated carbocycles. The smallest absolute Gasteiger partial charge is 0.134 e. The van der Waals surface area contributed by atoms with Crippen LogP contribution >= 0.6 is 11.9 Å². The van der Waals surface area contributed by atoms with Crippen LogP contribution in [0.1, 0.15) is 61.4 Å². The van der Waals surface area contributed by atoms with E-state index in [2.05, 4.69) is 87.5 Å². The summed E-state index contributed by atoms with van der Waals surface area (Å²) in [4.78, 5) is 1.17. The van der Waals surface area contributed by atoms with Crippen LogP contribution in [0.2, 0.25) is 0 Å². The van der Waals surface area contributed by atoms with E-state index < -0.39 is 0 Å². The Morgan fingerprint density at radius 1 is 1.08 bits per heavy atom. The second kappa shape index (κ2) is 10.8. The summed E-state index contributed by atoms with van der Waals surface area (Å²) < 4.78 is 8.39. The number of nitrogen functional groups attached to an aromatic ring is 1. The number of hydrogen-bond acceptors (Lipinski definition) is 6. The van der Waals surface area contributed by atoms with Gasteiger partial charge in [-0.3, -0.25) is 0 Å². The molecule has 0 fully saturated rings. The quantitative estimate of drug-likeness (QED) is 0.169. The fourth-order valence-corrected chi connectivity index (χ4v) is 6.04. The van der Waals surface area contributed by atoms with Crippen LogP contribution in [0.15, 0.2) is 59.5 Å². The molecule has 192 valence electrons. The van der Waals surface area contributed by atoms with E-state index >= 15 is 0 Å². The highest BCUT2D eigenvalue weighted by atomic mass is 32.2. The van der Waals surface area contributed by atoms with E-state index in [0.717, 1.165) is 35.8 Å². The molecule has 1 aliphatic heterocycles. The van der Waals surface area contributed by atoms with Gasteiger partial charge in [0.1, 0.15) is 12.4 Å². The molecule has 1 unspecified atom stereocenters. The van der Waals surface area contributed by atoms with E-state index in [-0.39, 0.29) is 11.3 Å². The van der Waals surface area contributed by atoms with Gasteiger partial charge in [-0.2, -0.15) is 0 Å². The van der Waals surface area contributed by atoms with Gasteiger partial charge in [0.05, 0.1) is 16.3 Å². The number of hydrogen-bond donors (Lipinski definition) is 2. The summed E-state index contributed by atoms with van der Waals surface area (Å²) in [5.74, 6) is 7.36. The Morgan fingerprint density at radius 2 is 1.83 bits per heavy atom. The molecule has 0 spiro atoms. The molecule has 3 aromatic rings. The lowest BCUT2D eigenvalue weighted by atomic mass is 9.71. The average Bonchev–Trinajstić information content (AvgIpc) is 3.04. The zero-order valence-electron chi connectivity index (χ0n) is 22.5. The number of para-hydroxylation sites is 1. The van der Waals surface area contributed by atoms with Gasteiger partial charge in [-0.15, -0.1) is 0 Å². The molecule has 6 heteroatoms. The van der Waals surface area contributed by atoms with Crippen LogP contribution in [0.3, 0.4) is 0 Å². The van der Waals surface area contributed by atoms with Crippen molar-refractivity contribution in [3.8, 4) is 5.75 Å². The Morgan fingerprint density at radius 3 is 2.56 bits per heavy atom. The van der Waals surface area contributed by atoms with Crippen molar-refractivity contribution in [1.82, 2.24) is 4.31 Å². The van der Waals surface area contributed by atoms with Crippen molar-refractivity contribution in [2.45, 2.75) is 58.9 Å². The van der Waals surface area contributed by atoms with Crippen LogP contribution in [0.5, 0.6) is 5.75 Å².